The molecule has 0 radical (unpaired) electrons. The summed E-state index contributed by atoms with van der Waals surface area (Å²) in [6.07, 6.45) is 1.04. The van der Waals surface area contributed by atoms with Gasteiger partial charge in [-0.3, -0.25) is 13.9 Å². The summed E-state index contributed by atoms with van der Waals surface area (Å²) in [7, 11) is -2.31. The Morgan fingerprint density at radius 1 is 1.09 bits per heavy atom. The van der Waals surface area contributed by atoms with Gasteiger partial charge < -0.3 is 15.0 Å². The van der Waals surface area contributed by atoms with Crippen LogP contribution in [0.2, 0.25) is 0 Å². The summed E-state index contributed by atoms with van der Waals surface area (Å²) in [5.41, 5.74) is 1.73. The summed E-state index contributed by atoms with van der Waals surface area (Å²) in [5.74, 6) is -0.348. The van der Waals surface area contributed by atoms with E-state index in [2.05, 4.69) is 5.32 Å². The zero-order valence-electron chi connectivity index (χ0n) is 21.0. The van der Waals surface area contributed by atoms with Crippen molar-refractivity contribution in [3.63, 3.8) is 0 Å². The van der Waals surface area contributed by atoms with E-state index in [9.17, 15) is 18.0 Å². The first-order chi connectivity index (χ1) is 15.7. The van der Waals surface area contributed by atoms with Gasteiger partial charge in [0.15, 0.2) is 0 Å². The number of hydrogen-bond donors (Lipinski definition) is 1. The van der Waals surface area contributed by atoms with Crippen LogP contribution in [-0.2, 0) is 26.2 Å². The predicted molar refractivity (Wildman–Crippen MR) is 134 cm³/mol. The van der Waals surface area contributed by atoms with Gasteiger partial charge in [-0.15, -0.1) is 0 Å². The Labute approximate surface area is 202 Å². The Morgan fingerprint density at radius 2 is 1.71 bits per heavy atom. The van der Waals surface area contributed by atoms with Crippen molar-refractivity contribution >= 4 is 27.5 Å². The summed E-state index contributed by atoms with van der Waals surface area (Å²) < 4.78 is 31.5. The second kappa shape index (κ2) is 10.9. The van der Waals surface area contributed by atoms with Crippen LogP contribution in [0.3, 0.4) is 0 Å². The fraction of sp³-hybridized carbons (Fsp3) is 0.440. The third-order valence-corrected chi connectivity index (χ3v) is 6.30. The number of carbonyl (C=O) groups excluding carboxylic acids is 2. The van der Waals surface area contributed by atoms with Crippen molar-refractivity contribution in [1.29, 1.82) is 0 Å². The number of amides is 2. The molecule has 8 nitrogen and oxygen atoms in total. The lowest BCUT2D eigenvalue weighted by atomic mass is 10.1. The lowest BCUT2D eigenvalue weighted by Gasteiger charge is -2.33. The molecule has 0 aliphatic heterocycles. The number of nitrogens with one attached hydrogen (secondary N) is 1. The smallest absolute Gasteiger partial charge is 0.244 e. The number of rotatable bonds is 9. The van der Waals surface area contributed by atoms with Gasteiger partial charge in [0.05, 0.1) is 19.1 Å². The number of sulfonamides is 1. The van der Waals surface area contributed by atoms with E-state index < -0.39 is 34.1 Å². The van der Waals surface area contributed by atoms with Gasteiger partial charge in [0, 0.05) is 18.2 Å². The summed E-state index contributed by atoms with van der Waals surface area (Å²) in [5, 5.41) is 2.90. The third kappa shape index (κ3) is 7.76. The van der Waals surface area contributed by atoms with Gasteiger partial charge >= 0.3 is 0 Å². The van der Waals surface area contributed by atoms with Crippen molar-refractivity contribution in [2.24, 2.45) is 0 Å². The van der Waals surface area contributed by atoms with Crippen molar-refractivity contribution in [1.82, 2.24) is 10.2 Å². The maximum Gasteiger partial charge on any atom is 0.244 e. The SMILES string of the molecule is COc1cccc(N(CC(=O)N(Cc2ccc(C)cc2)[C@@H](C)C(=O)NC(C)(C)C)S(C)(=O)=O)c1. The van der Waals surface area contributed by atoms with E-state index in [4.69, 9.17) is 4.74 Å². The number of carbonyl (C=O) groups is 2. The van der Waals surface area contributed by atoms with Crippen LogP contribution in [0.15, 0.2) is 48.5 Å². The average molecular weight is 490 g/mol. The van der Waals surface area contributed by atoms with E-state index in [1.807, 2.05) is 52.0 Å². The molecule has 2 aromatic rings. The van der Waals surface area contributed by atoms with Gasteiger partial charge in [-0.25, -0.2) is 8.42 Å². The molecule has 34 heavy (non-hydrogen) atoms. The highest BCUT2D eigenvalue weighted by Crippen LogP contribution is 2.24. The highest BCUT2D eigenvalue weighted by Gasteiger charge is 2.31. The number of ether oxygens (including phenoxy) is 1. The molecule has 0 aromatic heterocycles. The Balaban J connectivity index is 2.41. The van der Waals surface area contributed by atoms with Gasteiger partial charge in [-0.1, -0.05) is 35.9 Å². The number of aryl methyl sites for hydroxylation is 1. The highest BCUT2D eigenvalue weighted by atomic mass is 32.2. The summed E-state index contributed by atoms with van der Waals surface area (Å²) in [6.45, 7) is 8.89. The van der Waals surface area contributed by atoms with E-state index in [1.54, 1.807) is 31.2 Å². The number of benzene rings is 2. The van der Waals surface area contributed by atoms with Crippen LogP contribution in [0.4, 0.5) is 5.69 Å². The monoisotopic (exact) mass is 489 g/mol. The van der Waals surface area contributed by atoms with Crippen LogP contribution in [0, 0.1) is 6.92 Å². The van der Waals surface area contributed by atoms with E-state index in [0.717, 1.165) is 21.7 Å². The van der Waals surface area contributed by atoms with Crippen molar-refractivity contribution in [2.45, 2.75) is 52.7 Å². The van der Waals surface area contributed by atoms with E-state index in [-0.39, 0.29) is 12.5 Å². The van der Waals surface area contributed by atoms with Crippen molar-refractivity contribution in [3.8, 4) is 5.75 Å². The molecule has 2 amide bonds. The lowest BCUT2D eigenvalue weighted by Crippen LogP contribution is -2.54. The number of hydrogen-bond acceptors (Lipinski definition) is 5. The van der Waals surface area contributed by atoms with Crippen LogP contribution in [0.5, 0.6) is 5.75 Å². The van der Waals surface area contributed by atoms with Crippen molar-refractivity contribution in [3.05, 3.63) is 59.7 Å². The highest BCUT2D eigenvalue weighted by molar-refractivity contribution is 7.92. The first-order valence-electron chi connectivity index (χ1n) is 11.0. The molecule has 0 spiro atoms. The molecule has 1 N–H and O–H groups in total. The van der Waals surface area contributed by atoms with Crippen LogP contribution in [0.1, 0.15) is 38.8 Å². The van der Waals surface area contributed by atoms with Gasteiger partial charge in [-0.05, 0) is 52.3 Å². The number of nitrogens with zero attached hydrogens (tertiary/aromatic N) is 2. The largest absolute Gasteiger partial charge is 0.497 e. The maximum atomic E-state index is 13.5. The van der Waals surface area contributed by atoms with E-state index in [0.29, 0.717) is 11.4 Å². The molecule has 1 atom stereocenters. The van der Waals surface area contributed by atoms with Gasteiger partial charge in [0.25, 0.3) is 0 Å². The van der Waals surface area contributed by atoms with E-state index in [1.165, 1.54) is 12.0 Å². The summed E-state index contributed by atoms with van der Waals surface area (Å²) in [4.78, 5) is 27.9. The molecule has 2 rings (SSSR count). The second-order valence-electron chi connectivity index (χ2n) is 9.39. The minimum Gasteiger partial charge on any atom is -0.497 e. The zero-order chi connectivity index (χ0) is 25.7. The molecular formula is C25H35N3O5S. The quantitative estimate of drug-likeness (QED) is 0.584. The topological polar surface area (TPSA) is 96.0 Å². The van der Waals surface area contributed by atoms with Gasteiger partial charge in [0.2, 0.25) is 21.8 Å². The molecule has 2 aromatic carbocycles. The first kappa shape index (κ1) is 27.2. The molecule has 0 aliphatic rings. The fourth-order valence-electron chi connectivity index (χ4n) is 3.33. The molecule has 186 valence electrons. The average Bonchev–Trinajstić information content (AvgIpc) is 2.74. The Kier molecular flexibility index (Phi) is 8.72. The van der Waals surface area contributed by atoms with E-state index >= 15 is 0 Å². The normalized spacial score (nSPS) is 12.6. The second-order valence-corrected chi connectivity index (χ2v) is 11.3. The predicted octanol–water partition coefficient (Wildman–Crippen LogP) is 3.10. The Morgan fingerprint density at radius 3 is 2.24 bits per heavy atom. The van der Waals surface area contributed by atoms with Crippen LogP contribution in [-0.4, -0.2) is 56.6 Å². The molecular weight excluding hydrogens is 454 g/mol. The van der Waals surface area contributed by atoms with Crippen LogP contribution < -0.4 is 14.4 Å². The molecule has 0 fully saturated rings. The standard InChI is InChI=1S/C25H35N3O5S/c1-18-11-13-20(14-12-18)16-27(19(2)24(30)26-25(3,4)5)23(29)17-28(34(7,31)32)21-9-8-10-22(15-21)33-6/h8-15,19H,16-17H2,1-7H3,(H,26,30)/t19-/m0/s1. The Bertz CT molecular complexity index is 1110. The molecule has 0 saturated carbocycles. The molecule has 0 saturated heterocycles. The third-order valence-electron chi connectivity index (χ3n) is 5.16. The molecule has 0 heterocycles. The van der Waals surface area contributed by atoms with Gasteiger partial charge in [0.1, 0.15) is 18.3 Å². The lowest BCUT2D eigenvalue weighted by molar-refractivity contribution is -0.140. The number of methoxy groups -OCH3 is 1. The molecule has 9 heteroatoms. The molecule has 0 bridgehead atoms. The summed E-state index contributed by atoms with van der Waals surface area (Å²) in [6, 6.07) is 13.3. The fourth-order valence-corrected chi connectivity index (χ4v) is 4.17. The van der Waals surface area contributed by atoms with Crippen molar-refractivity contribution < 1.29 is 22.7 Å². The molecule has 0 unspecified atom stereocenters. The zero-order valence-corrected chi connectivity index (χ0v) is 21.8. The Hall–Kier alpha value is -3.07. The van der Waals surface area contributed by atoms with Crippen LogP contribution in [0.25, 0.3) is 0 Å². The molecule has 0 aliphatic carbocycles. The van der Waals surface area contributed by atoms with Gasteiger partial charge in [-0.2, -0.15) is 0 Å². The van der Waals surface area contributed by atoms with Crippen LogP contribution >= 0.6 is 0 Å². The summed E-state index contributed by atoms with van der Waals surface area (Å²) >= 11 is 0. The van der Waals surface area contributed by atoms with Crippen molar-refractivity contribution in [2.75, 3.05) is 24.2 Å². The first-order valence-corrected chi connectivity index (χ1v) is 12.8. The minimum absolute atomic E-state index is 0.160. The minimum atomic E-state index is -3.80. The maximum absolute atomic E-state index is 13.5. The number of anilines is 1.